The molecule has 0 amide bonds. The van der Waals surface area contributed by atoms with Crippen molar-refractivity contribution < 1.29 is 0 Å². The minimum atomic E-state index is 0.643. The Hall–Kier alpha value is -1.72. The molecular formula is C14H15N3S2. The van der Waals surface area contributed by atoms with Gasteiger partial charge in [-0.25, -0.2) is 4.98 Å². The fourth-order valence-electron chi connectivity index (χ4n) is 1.54. The molecule has 0 radical (unpaired) electrons. The Labute approximate surface area is 122 Å². The number of thiocarbonyl (C=S) groups is 1. The van der Waals surface area contributed by atoms with E-state index in [1.807, 2.05) is 11.6 Å². The largest absolute Gasteiger partial charge is 0.359 e. The van der Waals surface area contributed by atoms with Gasteiger partial charge >= 0.3 is 0 Å². The zero-order valence-electron chi connectivity index (χ0n) is 10.4. The maximum atomic E-state index is 5.13. The SMILES string of the molecule is C=CCNC(=S)NCc1ccc(-c2nccs2)cc1. The summed E-state index contributed by atoms with van der Waals surface area (Å²) in [7, 11) is 0. The molecule has 3 nitrogen and oxygen atoms in total. The average Bonchev–Trinajstić information content (AvgIpc) is 2.97. The van der Waals surface area contributed by atoms with Crippen LogP contribution in [0.4, 0.5) is 0 Å². The fraction of sp³-hybridized carbons (Fsp3) is 0.143. The minimum absolute atomic E-state index is 0.643. The average molecular weight is 289 g/mol. The fourth-order valence-corrected chi connectivity index (χ4v) is 2.34. The monoisotopic (exact) mass is 289 g/mol. The highest BCUT2D eigenvalue weighted by molar-refractivity contribution is 7.80. The lowest BCUT2D eigenvalue weighted by molar-refractivity contribution is 0.873. The van der Waals surface area contributed by atoms with Gasteiger partial charge in [-0.1, -0.05) is 30.3 Å². The van der Waals surface area contributed by atoms with Gasteiger partial charge in [0.2, 0.25) is 0 Å². The van der Waals surface area contributed by atoms with E-state index in [-0.39, 0.29) is 0 Å². The summed E-state index contributed by atoms with van der Waals surface area (Å²) in [5.41, 5.74) is 2.33. The molecule has 2 aromatic rings. The minimum Gasteiger partial charge on any atom is -0.359 e. The molecule has 1 aromatic heterocycles. The summed E-state index contributed by atoms with van der Waals surface area (Å²) in [6, 6.07) is 8.33. The van der Waals surface area contributed by atoms with E-state index in [1.54, 1.807) is 17.4 Å². The molecule has 0 aliphatic heterocycles. The van der Waals surface area contributed by atoms with Crippen LogP contribution >= 0.6 is 23.6 Å². The standard InChI is InChI=1S/C14H15N3S2/c1-2-7-16-14(18)17-10-11-3-5-12(6-4-11)13-15-8-9-19-13/h2-6,8-9H,1,7,10H2,(H2,16,17,18). The van der Waals surface area contributed by atoms with Crippen LogP contribution in [0.15, 0.2) is 48.5 Å². The normalized spacial score (nSPS) is 9.89. The lowest BCUT2D eigenvalue weighted by Gasteiger charge is -2.09. The van der Waals surface area contributed by atoms with Gasteiger partial charge in [0.1, 0.15) is 5.01 Å². The lowest BCUT2D eigenvalue weighted by atomic mass is 10.1. The van der Waals surface area contributed by atoms with Gasteiger partial charge in [0.05, 0.1) is 0 Å². The topological polar surface area (TPSA) is 37.0 Å². The van der Waals surface area contributed by atoms with Crippen molar-refractivity contribution in [1.82, 2.24) is 15.6 Å². The second-order valence-corrected chi connectivity index (χ2v) is 5.19. The summed E-state index contributed by atoms with van der Waals surface area (Å²) in [6.45, 7) is 5.02. The Morgan fingerprint density at radius 1 is 1.32 bits per heavy atom. The van der Waals surface area contributed by atoms with Crippen molar-refractivity contribution in [1.29, 1.82) is 0 Å². The molecule has 0 saturated carbocycles. The molecule has 98 valence electrons. The van der Waals surface area contributed by atoms with E-state index in [2.05, 4.69) is 46.5 Å². The molecule has 0 bridgehead atoms. The number of rotatable bonds is 5. The molecule has 0 atom stereocenters. The molecule has 0 aliphatic carbocycles. The number of benzene rings is 1. The first-order valence-electron chi connectivity index (χ1n) is 5.91. The third-order valence-corrected chi connectivity index (χ3v) is 3.60. The van der Waals surface area contributed by atoms with Crippen LogP contribution in [0.2, 0.25) is 0 Å². The van der Waals surface area contributed by atoms with Crippen molar-refractivity contribution in [2.45, 2.75) is 6.54 Å². The maximum Gasteiger partial charge on any atom is 0.166 e. The number of nitrogens with zero attached hydrogens (tertiary/aromatic N) is 1. The highest BCUT2D eigenvalue weighted by Crippen LogP contribution is 2.21. The smallest absolute Gasteiger partial charge is 0.166 e. The zero-order chi connectivity index (χ0) is 13.5. The predicted molar refractivity (Wildman–Crippen MR) is 85.2 cm³/mol. The van der Waals surface area contributed by atoms with Gasteiger partial charge in [-0.2, -0.15) is 0 Å². The van der Waals surface area contributed by atoms with Crippen LogP contribution in [0.1, 0.15) is 5.56 Å². The van der Waals surface area contributed by atoms with E-state index in [0.717, 1.165) is 10.6 Å². The Kier molecular flexibility index (Phi) is 5.06. The molecule has 1 heterocycles. The van der Waals surface area contributed by atoms with Crippen LogP contribution in [0.25, 0.3) is 10.6 Å². The Morgan fingerprint density at radius 3 is 2.74 bits per heavy atom. The number of aromatic nitrogens is 1. The first-order valence-corrected chi connectivity index (χ1v) is 7.20. The molecule has 0 saturated heterocycles. The van der Waals surface area contributed by atoms with Gasteiger partial charge in [-0.15, -0.1) is 17.9 Å². The molecule has 2 rings (SSSR count). The summed E-state index contributed by atoms with van der Waals surface area (Å²) in [5, 5.41) is 9.85. The van der Waals surface area contributed by atoms with E-state index in [4.69, 9.17) is 12.2 Å². The van der Waals surface area contributed by atoms with Gasteiger partial charge < -0.3 is 10.6 Å². The highest BCUT2D eigenvalue weighted by atomic mass is 32.1. The van der Waals surface area contributed by atoms with Crippen molar-refractivity contribution >= 4 is 28.7 Å². The first-order chi connectivity index (χ1) is 9.29. The molecular weight excluding hydrogens is 274 g/mol. The van der Waals surface area contributed by atoms with Crippen LogP contribution in [-0.4, -0.2) is 16.6 Å². The van der Waals surface area contributed by atoms with Crippen LogP contribution in [0, 0.1) is 0 Å². The summed E-state index contributed by atoms with van der Waals surface area (Å²) < 4.78 is 0. The molecule has 2 N–H and O–H groups in total. The van der Waals surface area contributed by atoms with Crippen molar-refractivity contribution in [2.75, 3.05) is 6.54 Å². The molecule has 19 heavy (non-hydrogen) atoms. The highest BCUT2D eigenvalue weighted by Gasteiger charge is 2.00. The molecule has 0 aliphatic rings. The molecule has 0 fully saturated rings. The van der Waals surface area contributed by atoms with Crippen molar-refractivity contribution in [3.63, 3.8) is 0 Å². The number of nitrogens with one attached hydrogen (secondary N) is 2. The van der Waals surface area contributed by atoms with Gasteiger partial charge in [0.15, 0.2) is 5.11 Å². The molecule has 0 spiro atoms. The third kappa shape index (κ3) is 4.15. The number of hydrogen-bond donors (Lipinski definition) is 2. The Morgan fingerprint density at radius 2 is 2.11 bits per heavy atom. The van der Waals surface area contributed by atoms with Crippen LogP contribution < -0.4 is 10.6 Å². The number of hydrogen-bond acceptors (Lipinski definition) is 3. The predicted octanol–water partition coefficient (Wildman–Crippen LogP) is 2.96. The maximum absolute atomic E-state index is 5.13. The van der Waals surface area contributed by atoms with Gasteiger partial charge in [-0.05, 0) is 17.8 Å². The van der Waals surface area contributed by atoms with E-state index >= 15 is 0 Å². The second-order valence-electron chi connectivity index (χ2n) is 3.89. The van der Waals surface area contributed by atoms with E-state index in [0.29, 0.717) is 18.2 Å². The van der Waals surface area contributed by atoms with Gasteiger partial charge in [0, 0.05) is 30.2 Å². The van der Waals surface area contributed by atoms with Crippen LogP contribution in [0.3, 0.4) is 0 Å². The van der Waals surface area contributed by atoms with Gasteiger partial charge in [-0.3, -0.25) is 0 Å². The molecule has 0 unspecified atom stereocenters. The Balaban J connectivity index is 1.89. The van der Waals surface area contributed by atoms with Crippen LogP contribution in [-0.2, 0) is 6.54 Å². The first kappa shape index (κ1) is 13.7. The van der Waals surface area contributed by atoms with Gasteiger partial charge in [0.25, 0.3) is 0 Å². The molecule has 1 aromatic carbocycles. The Bertz CT molecular complexity index is 532. The molecule has 5 heteroatoms. The second kappa shape index (κ2) is 7.01. The summed E-state index contributed by atoms with van der Waals surface area (Å²) in [5.74, 6) is 0. The lowest BCUT2D eigenvalue weighted by Crippen LogP contribution is -2.34. The zero-order valence-corrected chi connectivity index (χ0v) is 12.1. The van der Waals surface area contributed by atoms with E-state index < -0.39 is 0 Å². The summed E-state index contributed by atoms with van der Waals surface area (Å²) in [6.07, 6.45) is 3.59. The number of thiazole rings is 1. The van der Waals surface area contributed by atoms with Crippen molar-refractivity contribution in [3.8, 4) is 10.6 Å². The quantitative estimate of drug-likeness (QED) is 0.655. The van der Waals surface area contributed by atoms with Crippen LogP contribution in [0.5, 0.6) is 0 Å². The van der Waals surface area contributed by atoms with Crippen molar-refractivity contribution in [2.24, 2.45) is 0 Å². The summed E-state index contributed by atoms with van der Waals surface area (Å²) in [4.78, 5) is 4.29. The third-order valence-electron chi connectivity index (χ3n) is 2.49. The van der Waals surface area contributed by atoms with Crippen molar-refractivity contribution in [3.05, 3.63) is 54.1 Å². The van der Waals surface area contributed by atoms with E-state index in [1.165, 1.54) is 5.56 Å². The summed E-state index contributed by atoms with van der Waals surface area (Å²) >= 11 is 6.77. The van der Waals surface area contributed by atoms with E-state index in [9.17, 15) is 0 Å².